The SMILES string of the molecule is CC1=C=C(B(Br)Br)C=C1. The van der Waals surface area contributed by atoms with E-state index in [9.17, 15) is 0 Å². The molecule has 0 N–H and O–H groups in total. The van der Waals surface area contributed by atoms with Gasteiger partial charge < -0.3 is 0 Å². The van der Waals surface area contributed by atoms with E-state index in [1.807, 2.05) is 19.1 Å². The quantitative estimate of drug-likeness (QED) is 0.494. The lowest BCUT2D eigenvalue weighted by atomic mass is 9.97. The zero-order chi connectivity index (χ0) is 6.85. The van der Waals surface area contributed by atoms with Crippen molar-refractivity contribution in [3.05, 3.63) is 28.9 Å². The fourth-order valence-corrected chi connectivity index (χ4v) is 1.19. The van der Waals surface area contributed by atoms with Crippen LogP contribution in [-0.2, 0) is 0 Å². The smallest absolute Gasteiger partial charge is 0.132 e. The third-order valence-electron chi connectivity index (χ3n) is 1.09. The van der Waals surface area contributed by atoms with Gasteiger partial charge in [-0.25, -0.2) is 0 Å². The first-order valence-corrected chi connectivity index (χ1v) is 4.47. The molecule has 3 heteroatoms. The van der Waals surface area contributed by atoms with Gasteiger partial charge in [-0.2, -0.15) is 0 Å². The van der Waals surface area contributed by atoms with E-state index in [1.165, 1.54) is 5.57 Å². The normalized spacial score (nSPS) is 15.4. The minimum Gasteiger partial charge on any atom is -0.132 e. The van der Waals surface area contributed by atoms with Gasteiger partial charge in [0.1, 0.15) is 0 Å². The molecule has 9 heavy (non-hydrogen) atoms. The van der Waals surface area contributed by atoms with Gasteiger partial charge in [0, 0.05) is 0 Å². The number of rotatable bonds is 1. The van der Waals surface area contributed by atoms with Gasteiger partial charge in [-0.3, -0.25) is 0 Å². The van der Waals surface area contributed by atoms with Crippen LogP contribution in [0.15, 0.2) is 28.9 Å². The Morgan fingerprint density at radius 3 is 2.33 bits per heavy atom. The molecule has 0 aromatic heterocycles. The predicted molar refractivity (Wildman–Crippen MR) is 49.0 cm³/mol. The van der Waals surface area contributed by atoms with Gasteiger partial charge in [0.2, 0.25) is 0 Å². The molecular weight excluding hydrogens is 243 g/mol. The Labute approximate surface area is 71.7 Å². The van der Waals surface area contributed by atoms with Crippen molar-refractivity contribution in [3.63, 3.8) is 0 Å². The Morgan fingerprint density at radius 2 is 2.11 bits per heavy atom. The molecule has 0 unspecified atom stereocenters. The average molecular weight is 248 g/mol. The Kier molecular flexibility index (Phi) is 2.39. The maximum atomic E-state index is 3.38. The molecule has 0 fully saturated rings. The first-order valence-electron chi connectivity index (χ1n) is 2.64. The highest BCUT2D eigenvalue weighted by atomic mass is 79.9. The van der Waals surface area contributed by atoms with Crippen LogP contribution < -0.4 is 0 Å². The molecule has 0 saturated heterocycles. The molecule has 0 amide bonds. The van der Waals surface area contributed by atoms with Crippen LogP contribution in [0.5, 0.6) is 0 Å². The van der Waals surface area contributed by atoms with Crippen LogP contribution in [0.2, 0.25) is 0 Å². The highest BCUT2D eigenvalue weighted by molar-refractivity contribution is 9.49. The first-order chi connectivity index (χ1) is 4.20. The Balaban J connectivity index is 2.87. The van der Waals surface area contributed by atoms with E-state index in [0.717, 1.165) is 5.47 Å². The summed E-state index contributed by atoms with van der Waals surface area (Å²) in [5.74, 6) is 0. The third-order valence-corrected chi connectivity index (χ3v) is 2.08. The lowest BCUT2D eigenvalue weighted by molar-refractivity contribution is 1.58. The molecule has 1 rings (SSSR count). The second kappa shape index (κ2) is 2.91. The molecule has 0 saturated carbocycles. The molecule has 0 spiro atoms. The summed E-state index contributed by atoms with van der Waals surface area (Å²) in [4.78, 5) is 0. The lowest BCUT2D eigenvalue weighted by Gasteiger charge is -1.88. The lowest BCUT2D eigenvalue weighted by Crippen LogP contribution is -1.90. The van der Waals surface area contributed by atoms with Crippen molar-refractivity contribution >= 4 is 35.9 Å². The van der Waals surface area contributed by atoms with E-state index in [-0.39, 0.29) is 4.36 Å². The van der Waals surface area contributed by atoms with Crippen molar-refractivity contribution in [2.24, 2.45) is 0 Å². The van der Waals surface area contributed by atoms with Crippen molar-refractivity contribution < 1.29 is 0 Å². The summed E-state index contributed by atoms with van der Waals surface area (Å²) in [5, 5.41) is 0. The summed E-state index contributed by atoms with van der Waals surface area (Å²) < 4.78 is 0.249. The van der Waals surface area contributed by atoms with Crippen LogP contribution in [0.4, 0.5) is 0 Å². The van der Waals surface area contributed by atoms with E-state index in [4.69, 9.17) is 0 Å². The molecule has 0 aromatic carbocycles. The van der Waals surface area contributed by atoms with Crippen molar-refractivity contribution in [2.45, 2.75) is 6.92 Å². The van der Waals surface area contributed by atoms with Gasteiger partial charge >= 0.3 is 4.36 Å². The van der Waals surface area contributed by atoms with E-state index >= 15 is 0 Å². The molecule has 0 radical (unpaired) electrons. The van der Waals surface area contributed by atoms with Crippen LogP contribution >= 0.6 is 31.5 Å². The van der Waals surface area contributed by atoms with Crippen LogP contribution in [0.1, 0.15) is 6.92 Å². The fraction of sp³-hybridized carbons (Fsp3) is 0.167. The Bertz CT molecular complexity index is 209. The summed E-state index contributed by atoms with van der Waals surface area (Å²) in [6.07, 6.45) is 4.09. The van der Waals surface area contributed by atoms with Crippen molar-refractivity contribution in [3.8, 4) is 0 Å². The van der Waals surface area contributed by atoms with Crippen molar-refractivity contribution in [1.29, 1.82) is 0 Å². The van der Waals surface area contributed by atoms with E-state index in [0.29, 0.717) is 0 Å². The molecule has 1 aliphatic carbocycles. The summed E-state index contributed by atoms with van der Waals surface area (Å²) in [6, 6.07) is 0. The maximum absolute atomic E-state index is 3.38. The molecular formula is C6H5BBr2. The summed E-state index contributed by atoms with van der Waals surface area (Å²) >= 11 is 6.76. The highest BCUT2D eigenvalue weighted by Gasteiger charge is 2.09. The molecule has 0 heterocycles. The zero-order valence-corrected chi connectivity index (χ0v) is 8.16. The largest absolute Gasteiger partial charge is 0.337 e. The van der Waals surface area contributed by atoms with E-state index in [1.54, 1.807) is 0 Å². The molecule has 0 aliphatic heterocycles. The minimum atomic E-state index is 0.249. The summed E-state index contributed by atoms with van der Waals surface area (Å²) in [7, 11) is 0. The van der Waals surface area contributed by atoms with E-state index < -0.39 is 0 Å². The number of halogens is 2. The number of hydrogen-bond donors (Lipinski definition) is 0. The topological polar surface area (TPSA) is 0 Å². The van der Waals surface area contributed by atoms with Gasteiger partial charge in [-0.15, -0.1) is 37.2 Å². The van der Waals surface area contributed by atoms with Crippen molar-refractivity contribution in [1.82, 2.24) is 0 Å². The highest BCUT2D eigenvalue weighted by Crippen LogP contribution is 2.18. The van der Waals surface area contributed by atoms with Gasteiger partial charge in [-0.1, -0.05) is 12.2 Å². The van der Waals surface area contributed by atoms with Gasteiger partial charge in [0.15, 0.2) is 0 Å². The molecule has 0 aromatic rings. The van der Waals surface area contributed by atoms with Crippen molar-refractivity contribution in [2.75, 3.05) is 0 Å². The average Bonchev–Trinajstić information content (AvgIpc) is 2.14. The number of allylic oxidation sites excluding steroid dienone is 3. The predicted octanol–water partition coefficient (Wildman–Crippen LogP) is 2.85. The van der Waals surface area contributed by atoms with E-state index in [2.05, 4.69) is 37.2 Å². The monoisotopic (exact) mass is 246 g/mol. The Morgan fingerprint density at radius 1 is 1.44 bits per heavy atom. The second-order valence-electron chi connectivity index (χ2n) is 1.90. The minimum absolute atomic E-state index is 0.249. The molecule has 0 atom stereocenters. The summed E-state index contributed by atoms with van der Waals surface area (Å²) in [5.41, 5.74) is 5.53. The standard InChI is InChI=1S/C6H5BBr2/c1-5-2-3-6(4-5)7(8)9/h2-3H,1H3. The van der Waals surface area contributed by atoms with Gasteiger partial charge in [0.05, 0.1) is 0 Å². The summed E-state index contributed by atoms with van der Waals surface area (Å²) in [6.45, 7) is 2.03. The maximum Gasteiger partial charge on any atom is 0.337 e. The first kappa shape index (κ1) is 7.39. The number of hydrogen-bond acceptors (Lipinski definition) is 0. The van der Waals surface area contributed by atoms with Crippen LogP contribution in [-0.4, -0.2) is 4.36 Å². The van der Waals surface area contributed by atoms with Crippen LogP contribution in [0.25, 0.3) is 0 Å². The van der Waals surface area contributed by atoms with Gasteiger partial charge in [0.25, 0.3) is 0 Å². The third kappa shape index (κ3) is 1.85. The second-order valence-corrected chi connectivity index (χ2v) is 4.96. The van der Waals surface area contributed by atoms with Crippen LogP contribution in [0, 0.1) is 0 Å². The van der Waals surface area contributed by atoms with Crippen LogP contribution in [0.3, 0.4) is 0 Å². The molecule has 1 aliphatic rings. The molecule has 46 valence electrons. The zero-order valence-electron chi connectivity index (χ0n) is 4.99. The molecule has 0 bridgehead atoms. The molecule has 0 nitrogen and oxygen atoms in total. The fourth-order valence-electron chi connectivity index (χ4n) is 0.653. The van der Waals surface area contributed by atoms with Gasteiger partial charge in [-0.05, 0) is 18.0 Å². The Hall–Kier alpha value is 0.285.